The molecule has 0 saturated heterocycles. The van der Waals surface area contributed by atoms with E-state index in [1.807, 2.05) is 48.7 Å². The Kier molecular flexibility index (Phi) is 7.21. The van der Waals surface area contributed by atoms with Gasteiger partial charge < -0.3 is 14.8 Å². The molecule has 0 atom stereocenters. The van der Waals surface area contributed by atoms with Gasteiger partial charge in [0, 0.05) is 17.5 Å². The number of carbonyl (C=O) groups is 1. The Labute approximate surface area is 200 Å². The van der Waals surface area contributed by atoms with E-state index in [9.17, 15) is 4.79 Å². The van der Waals surface area contributed by atoms with Gasteiger partial charge in [-0.15, -0.1) is 11.3 Å². The number of amides is 1. The van der Waals surface area contributed by atoms with Gasteiger partial charge in [-0.25, -0.2) is 9.97 Å². The molecule has 0 aliphatic carbocycles. The van der Waals surface area contributed by atoms with Gasteiger partial charge in [0.05, 0.1) is 30.5 Å². The first-order valence-electron chi connectivity index (χ1n) is 10.3. The number of hydrogen-bond donors (Lipinski definition) is 2. The lowest BCUT2D eigenvalue weighted by atomic mass is 10.1. The molecule has 7 nitrogen and oxygen atoms in total. The number of hydrogen-bond acceptors (Lipinski definition) is 8. The minimum absolute atomic E-state index is 0.174. The molecule has 0 radical (unpaired) electrons. The summed E-state index contributed by atoms with van der Waals surface area (Å²) >= 11 is 2.97. The van der Waals surface area contributed by atoms with Crippen molar-refractivity contribution in [3.63, 3.8) is 0 Å². The van der Waals surface area contributed by atoms with Crippen molar-refractivity contribution in [3.05, 3.63) is 70.7 Å². The van der Waals surface area contributed by atoms with E-state index in [1.54, 1.807) is 37.7 Å². The number of nitrogens with zero attached hydrogens (tertiary/aromatic N) is 2. The van der Waals surface area contributed by atoms with E-state index in [2.05, 4.69) is 15.6 Å². The van der Waals surface area contributed by atoms with Crippen LogP contribution in [0, 0.1) is 6.92 Å². The maximum atomic E-state index is 12.4. The third-order valence-corrected chi connectivity index (χ3v) is 6.82. The van der Waals surface area contributed by atoms with Crippen molar-refractivity contribution in [2.45, 2.75) is 13.3 Å². The number of rotatable bonds is 9. The fraction of sp³-hybridized carbons (Fsp3) is 0.208. The summed E-state index contributed by atoms with van der Waals surface area (Å²) in [5.41, 5.74) is 3.44. The second kappa shape index (κ2) is 10.5. The normalized spacial score (nSPS) is 10.6. The van der Waals surface area contributed by atoms with E-state index < -0.39 is 0 Å². The summed E-state index contributed by atoms with van der Waals surface area (Å²) in [6.45, 7) is 2.66. The maximum absolute atomic E-state index is 12.4. The molecule has 0 aliphatic heterocycles. The first-order chi connectivity index (χ1) is 16.1. The predicted octanol–water partition coefficient (Wildman–Crippen LogP) is 5.50. The topological polar surface area (TPSA) is 85.4 Å². The van der Waals surface area contributed by atoms with Crippen LogP contribution in [0.2, 0.25) is 0 Å². The molecule has 9 heteroatoms. The van der Waals surface area contributed by atoms with Gasteiger partial charge in [0.1, 0.15) is 0 Å². The summed E-state index contributed by atoms with van der Waals surface area (Å²) < 4.78 is 10.7. The molecular formula is C24H24N4O3S2. The fourth-order valence-corrected chi connectivity index (χ4v) is 4.98. The second-order valence-electron chi connectivity index (χ2n) is 7.16. The van der Waals surface area contributed by atoms with Gasteiger partial charge in [-0.2, -0.15) is 0 Å². The average molecular weight is 481 g/mol. The van der Waals surface area contributed by atoms with Crippen LogP contribution in [0.5, 0.6) is 11.5 Å². The molecule has 1 amide bonds. The van der Waals surface area contributed by atoms with E-state index >= 15 is 0 Å². The lowest BCUT2D eigenvalue weighted by Crippen LogP contribution is -2.11. The predicted molar refractivity (Wildman–Crippen MR) is 134 cm³/mol. The molecule has 0 saturated carbocycles. The Hall–Kier alpha value is -3.43. The van der Waals surface area contributed by atoms with E-state index in [1.165, 1.54) is 11.3 Å². The molecule has 0 aliphatic rings. The molecule has 4 aromatic rings. The molecular weight excluding hydrogens is 456 g/mol. The molecule has 2 aromatic carbocycles. The largest absolute Gasteiger partial charge is 0.493 e. The number of thiazole rings is 2. The van der Waals surface area contributed by atoms with Crippen LogP contribution in [0.4, 0.5) is 10.3 Å². The summed E-state index contributed by atoms with van der Waals surface area (Å²) in [6, 6.07) is 15.0. The summed E-state index contributed by atoms with van der Waals surface area (Å²) in [7, 11) is 3.26. The van der Waals surface area contributed by atoms with Crippen molar-refractivity contribution in [1.29, 1.82) is 0 Å². The van der Waals surface area contributed by atoms with Gasteiger partial charge in [-0.05, 0) is 43.2 Å². The highest BCUT2D eigenvalue weighted by atomic mass is 32.1. The molecule has 4 rings (SSSR count). The van der Waals surface area contributed by atoms with Crippen LogP contribution in [0.25, 0.3) is 10.6 Å². The fourth-order valence-electron chi connectivity index (χ4n) is 3.26. The SMILES string of the molecule is COc1ccc(CCNc2nc(-c3sc(NC(=O)c4ccccc4)nc3C)cs2)cc1OC. The maximum Gasteiger partial charge on any atom is 0.257 e. The van der Waals surface area contributed by atoms with E-state index in [0.29, 0.717) is 10.7 Å². The minimum atomic E-state index is -0.174. The molecule has 170 valence electrons. The zero-order valence-corrected chi connectivity index (χ0v) is 20.2. The van der Waals surface area contributed by atoms with Crippen LogP contribution in [-0.4, -0.2) is 36.6 Å². The molecule has 0 spiro atoms. The van der Waals surface area contributed by atoms with E-state index in [0.717, 1.165) is 51.4 Å². The van der Waals surface area contributed by atoms with Crippen molar-refractivity contribution in [3.8, 4) is 22.1 Å². The summed E-state index contributed by atoms with van der Waals surface area (Å²) in [4.78, 5) is 22.6. The molecule has 33 heavy (non-hydrogen) atoms. The molecule has 2 aromatic heterocycles. The Balaban J connectivity index is 1.37. The minimum Gasteiger partial charge on any atom is -0.493 e. The molecule has 2 heterocycles. The van der Waals surface area contributed by atoms with Crippen molar-refractivity contribution < 1.29 is 14.3 Å². The number of anilines is 2. The highest BCUT2D eigenvalue weighted by molar-refractivity contribution is 7.20. The van der Waals surface area contributed by atoms with Gasteiger partial charge in [0.15, 0.2) is 21.8 Å². The first-order valence-corrected chi connectivity index (χ1v) is 12.0. The molecule has 0 fully saturated rings. The van der Waals surface area contributed by atoms with Crippen LogP contribution in [-0.2, 0) is 6.42 Å². The third-order valence-electron chi connectivity index (χ3n) is 4.93. The molecule has 0 unspecified atom stereocenters. The van der Waals surface area contributed by atoms with Crippen LogP contribution in [0.1, 0.15) is 21.6 Å². The van der Waals surface area contributed by atoms with Crippen molar-refractivity contribution >= 4 is 38.8 Å². The summed E-state index contributed by atoms with van der Waals surface area (Å²) in [5, 5.41) is 9.66. The monoisotopic (exact) mass is 480 g/mol. The number of methoxy groups -OCH3 is 2. The van der Waals surface area contributed by atoms with E-state index in [-0.39, 0.29) is 5.91 Å². The number of aromatic nitrogens is 2. The average Bonchev–Trinajstić information content (AvgIpc) is 3.45. The van der Waals surface area contributed by atoms with Gasteiger partial charge in [0.25, 0.3) is 5.91 Å². The summed E-state index contributed by atoms with van der Waals surface area (Å²) in [6.07, 6.45) is 0.824. The standard InChI is InChI=1S/C24H24N4O3S2/c1-15-21(33-24(26-15)28-22(29)17-7-5-4-6-8-17)18-14-32-23(27-18)25-12-11-16-9-10-19(30-2)20(13-16)31-3/h4-10,13-14H,11-12H2,1-3H3,(H,25,27)(H,26,28,29). The number of carbonyl (C=O) groups excluding carboxylic acids is 1. The Morgan fingerprint density at radius 3 is 2.55 bits per heavy atom. The van der Waals surface area contributed by atoms with Gasteiger partial charge in [0.2, 0.25) is 0 Å². The quantitative estimate of drug-likeness (QED) is 0.329. The van der Waals surface area contributed by atoms with E-state index in [4.69, 9.17) is 14.5 Å². The van der Waals surface area contributed by atoms with Crippen LogP contribution in [0.15, 0.2) is 53.9 Å². The lowest BCUT2D eigenvalue weighted by molar-refractivity contribution is 0.102. The smallest absolute Gasteiger partial charge is 0.257 e. The molecule has 2 N–H and O–H groups in total. The Morgan fingerprint density at radius 2 is 1.79 bits per heavy atom. The zero-order valence-electron chi connectivity index (χ0n) is 18.5. The summed E-state index contributed by atoms with van der Waals surface area (Å²) in [5.74, 6) is 1.27. The zero-order chi connectivity index (χ0) is 23.2. The third kappa shape index (κ3) is 5.50. The van der Waals surface area contributed by atoms with Crippen molar-refractivity contribution in [1.82, 2.24) is 9.97 Å². The molecule has 0 bridgehead atoms. The van der Waals surface area contributed by atoms with Gasteiger partial charge >= 0.3 is 0 Å². The highest BCUT2D eigenvalue weighted by Gasteiger charge is 2.15. The lowest BCUT2D eigenvalue weighted by Gasteiger charge is -2.09. The highest BCUT2D eigenvalue weighted by Crippen LogP contribution is 2.34. The first kappa shape index (κ1) is 22.8. The number of benzene rings is 2. The van der Waals surface area contributed by atoms with Crippen LogP contribution >= 0.6 is 22.7 Å². The van der Waals surface area contributed by atoms with Gasteiger partial charge in [-0.3, -0.25) is 10.1 Å². The Bertz CT molecular complexity index is 1240. The van der Waals surface area contributed by atoms with Crippen LogP contribution < -0.4 is 20.1 Å². The Morgan fingerprint density at radius 1 is 1.00 bits per heavy atom. The number of nitrogens with one attached hydrogen (secondary N) is 2. The van der Waals surface area contributed by atoms with Crippen LogP contribution in [0.3, 0.4) is 0 Å². The van der Waals surface area contributed by atoms with Gasteiger partial charge in [-0.1, -0.05) is 35.6 Å². The van der Waals surface area contributed by atoms with Crippen molar-refractivity contribution in [2.75, 3.05) is 31.4 Å². The number of aryl methyl sites for hydroxylation is 1. The van der Waals surface area contributed by atoms with Crippen molar-refractivity contribution in [2.24, 2.45) is 0 Å². The second-order valence-corrected chi connectivity index (χ2v) is 9.01. The number of ether oxygens (including phenoxy) is 2.